The second-order valence-electron chi connectivity index (χ2n) is 5.72. The van der Waals surface area contributed by atoms with Crippen LogP contribution in [0.5, 0.6) is 0 Å². The minimum absolute atomic E-state index is 0.119. The smallest absolute Gasteiger partial charge is 0.240 e. The Morgan fingerprint density at radius 1 is 1.09 bits per heavy atom. The van der Waals surface area contributed by atoms with Crippen molar-refractivity contribution in [3.05, 3.63) is 24.3 Å². The number of rotatable bonds is 5. The molecule has 0 aliphatic carbocycles. The number of amides is 2. The minimum atomic E-state index is -3.57. The molecular formula is C15H20N2O4S. The van der Waals surface area contributed by atoms with E-state index in [4.69, 9.17) is 0 Å². The third-order valence-electron chi connectivity index (χ3n) is 3.37. The zero-order valence-corrected chi connectivity index (χ0v) is 13.5. The SMILES string of the molecule is CC(C)CNS(=O)(=O)c1ccc(N2C(=O)CCCC2=O)cc1. The topological polar surface area (TPSA) is 83.6 Å². The van der Waals surface area contributed by atoms with Gasteiger partial charge in [-0.05, 0) is 36.6 Å². The molecule has 1 N–H and O–H groups in total. The van der Waals surface area contributed by atoms with E-state index < -0.39 is 10.0 Å². The first-order valence-corrected chi connectivity index (χ1v) is 8.75. The number of benzene rings is 1. The first kappa shape index (κ1) is 16.6. The molecule has 22 heavy (non-hydrogen) atoms. The van der Waals surface area contributed by atoms with Crippen molar-refractivity contribution in [1.82, 2.24) is 4.72 Å². The van der Waals surface area contributed by atoms with Crippen LogP contribution < -0.4 is 9.62 Å². The summed E-state index contributed by atoms with van der Waals surface area (Å²) in [5.74, 6) is -0.285. The maximum Gasteiger partial charge on any atom is 0.240 e. The molecule has 1 aromatic carbocycles. The lowest BCUT2D eigenvalue weighted by molar-refractivity contribution is -0.129. The zero-order chi connectivity index (χ0) is 16.3. The molecule has 120 valence electrons. The van der Waals surface area contributed by atoms with Gasteiger partial charge in [0, 0.05) is 19.4 Å². The predicted molar refractivity (Wildman–Crippen MR) is 82.8 cm³/mol. The number of piperidine rings is 1. The molecule has 6 nitrogen and oxygen atoms in total. The van der Waals surface area contributed by atoms with Crippen LogP contribution in [-0.2, 0) is 19.6 Å². The normalized spacial score (nSPS) is 16.4. The van der Waals surface area contributed by atoms with Gasteiger partial charge in [0.15, 0.2) is 0 Å². The molecule has 1 aliphatic rings. The number of hydrogen-bond acceptors (Lipinski definition) is 4. The maximum absolute atomic E-state index is 12.1. The summed E-state index contributed by atoms with van der Waals surface area (Å²) in [6.45, 7) is 4.19. The number of sulfonamides is 1. The Morgan fingerprint density at radius 2 is 1.64 bits per heavy atom. The molecular weight excluding hydrogens is 304 g/mol. The van der Waals surface area contributed by atoms with Gasteiger partial charge in [-0.3, -0.25) is 14.5 Å². The Balaban J connectivity index is 2.19. The lowest BCUT2D eigenvalue weighted by Gasteiger charge is -2.24. The number of carbonyl (C=O) groups excluding carboxylic acids is 2. The fraction of sp³-hybridized carbons (Fsp3) is 0.467. The molecule has 2 amide bonds. The largest absolute Gasteiger partial charge is 0.274 e. The van der Waals surface area contributed by atoms with E-state index >= 15 is 0 Å². The van der Waals surface area contributed by atoms with Crippen molar-refractivity contribution < 1.29 is 18.0 Å². The molecule has 7 heteroatoms. The predicted octanol–water partition coefficient (Wildman–Crippen LogP) is 1.66. The average molecular weight is 324 g/mol. The van der Waals surface area contributed by atoms with E-state index in [1.54, 1.807) is 0 Å². The molecule has 0 radical (unpaired) electrons. The molecule has 1 aromatic rings. The van der Waals surface area contributed by atoms with Crippen LogP contribution in [0.2, 0.25) is 0 Å². The molecule has 1 heterocycles. The third-order valence-corrected chi connectivity index (χ3v) is 4.81. The number of carbonyl (C=O) groups is 2. The van der Waals surface area contributed by atoms with Gasteiger partial charge in [-0.15, -0.1) is 0 Å². The van der Waals surface area contributed by atoms with Gasteiger partial charge in [-0.25, -0.2) is 13.1 Å². The number of anilines is 1. The van der Waals surface area contributed by atoms with E-state index in [0.717, 1.165) is 4.90 Å². The van der Waals surface area contributed by atoms with Gasteiger partial charge >= 0.3 is 0 Å². The Morgan fingerprint density at radius 3 is 2.14 bits per heavy atom. The number of nitrogens with zero attached hydrogens (tertiary/aromatic N) is 1. The molecule has 1 fully saturated rings. The maximum atomic E-state index is 12.1. The van der Waals surface area contributed by atoms with Gasteiger partial charge in [0.2, 0.25) is 21.8 Å². The van der Waals surface area contributed by atoms with Crippen LogP contribution in [0, 0.1) is 5.92 Å². The summed E-state index contributed by atoms with van der Waals surface area (Å²) in [6.07, 6.45) is 1.24. The molecule has 0 aromatic heterocycles. The highest BCUT2D eigenvalue weighted by Gasteiger charge is 2.27. The Labute approximate surface area is 130 Å². The van der Waals surface area contributed by atoms with Crippen LogP contribution in [0.25, 0.3) is 0 Å². The van der Waals surface area contributed by atoms with E-state index in [1.165, 1.54) is 24.3 Å². The summed E-state index contributed by atoms with van der Waals surface area (Å²) in [7, 11) is -3.57. The lowest BCUT2D eigenvalue weighted by atomic mass is 10.1. The van der Waals surface area contributed by atoms with Crippen LogP contribution in [0.1, 0.15) is 33.1 Å². The highest BCUT2D eigenvalue weighted by Crippen LogP contribution is 2.23. The number of hydrogen-bond donors (Lipinski definition) is 1. The molecule has 2 rings (SSSR count). The first-order valence-electron chi connectivity index (χ1n) is 7.27. The summed E-state index contributed by atoms with van der Waals surface area (Å²) in [5.41, 5.74) is 0.414. The molecule has 0 bridgehead atoms. The average Bonchev–Trinajstić information content (AvgIpc) is 2.46. The van der Waals surface area contributed by atoms with E-state index in [9.17, 15) is 18.0 Å². The van der Waals surface area contributed by atoms with Gasteiger partial charge in [0.05, 0.1) is 10.6 Å². The van der Waals surface area contributed by atoms with Gasteiger partial charge in [0.1, 0.15) is 0 Å². The van der Waals surface area contributed by atoms with Gasteiger partial charge in [0.25, 0.3) is 0 Å². The molecule has 0 unspecified atom stereocenters. The minimum Gasteiger partial charge on any atom is -0.274 e. The summed E-state index contributed by atoms with van der Waals surface area (Å²) in [6, 6.07) is 5.80. The van der Waals surface area contributed by atoms with Crippen LogP contribution in [0.3, 0.4) is 0 Å². The number of nitrogens with one attached hydrogen (secondary N) is 1. The fourth-order valence-electron chi connectivity index (χ4n) is 2.18. The zero-order valence-electron chi connectivity index (χ0n) is 12.7. The van der Waals surface area contributed by atoms with E-state index in [2.05, 4.69) is 4.72 Å². The van der Waals surface area contributed by atoms with E-state index in [0.29, 0.717) is 31.5 Å². The monoisotopic (exact) mass is 324 g/mol. The van der Waals surface area contributed by atoms with Gasteiger partial charge in [-0.2, -0.15) is 0 Å². The van der Waals surface area contributed by atoms with Crippen molar-refractivity contribution in [2.75, 3.05) is 11.4 Å². The van der Waals surface area contributed by atoms with Crippen molar-refractivity contribution in [3.8, 4) is 0 Å². The van der Waals surface area contributed by atoms with E-state index in [1.807, 2.05) is 13.8 Å². The van der Waals surface area contributed by atoms with Crippen molar-refractivity contribution in [3.63, 3.8) is 0 Å². The molecule has 0 atom stereocenters. The fourth-order valence-corrected chi connectivity index (χ4v) is 3.39. The lowest BCUT2D eigenvalue weighted by Crippen LogP contribution is -2.40. The second kappa shape index (κ2) is 6.58. The van der Waals surface area contributed by atoms with Crippen LogP contribution >= 0.6 is 0 Å². The Kier molecular flexibility index (Phi) is 4.97. The highest BCUT2D eigenvalue weighted by atomic mass is 32.2. The Bertz CT molecular complexity index is 649. The van der Waals surface area contributed by atoms with Crippen molar-refractivity contribution in [2.24, 2.45) is 5.92 Å². The van der Waals surface area contributed by atoms with E-state index in [-0.39, 0.29) is 22.6 Å². The molecule has 0 saturated carbocycles. The first-order chi connectivity index (χ1) is 10.3. The summed E-state index contributed by atoms with van der Waals surface area (Å²) >= 11 is 0. The van der Waals surface area contributed by atoms with Gasteiger partial charge < -0.3 is 0 Å². The summed E-state index contributed by atoms with van der Waals surface area (Å²) in [5, 5.41) is 0. The molecule has 1 saturated heterocycles. The van der Waals surface area contributed by atoms with Crippen LogP contribution in [-0.4, -0.2) is 26.8 Å². The van der Waals surface area contributed by atoms with Crippen molar-refractivity contribution >= 4 is 27.5 Å². The van der Waals surface area contributed by atoms with Crippen molar-refractivity contribution in [2.45, 2.75) is 38.0 Å². The quantitative estimate of drug-likeness (QED) is 0.835. The van der Waals surface area contributed by atoms with Gasteiger partial charge in [-0.1, -0.05) is 13.8 Å². The van der Waals surface area contributed by atoms with Crippen LogP contribution in [0.4, 0.5) is 5.69 Å². The highest BCUT2D eigenvalue weighted by molar-refractivity contribution is 7.89. The number of imide groups is 1. The summed E-state index contributed by atoms with van der Waals surface area (Å²) in [4.78, 5) is 24.9. The van der Waals surface area contributed by atoms with Crippen LogP contribution in [0.15, 0.2) is 29.2 Å². The second-order valence-corrected chi connectivity index (χ2v) is 7.48. The molecule has 0 spiro atoms. The molecule has 1 aliphatic heterocycles. The summed E-state index contributed by atoms with van der Waals surface area (Å²) < 4.78 is 26.7. The van der Waals surface area contributed by atoms with Crippen molar-refractivity contribution in [1.29, 1.82) is 0 Å². The standard InChI is InChI=1S/C15H20N2O4S/c1-11(2)10-16-22(20,21)13-8-6-12(7-9-13)17-14(18)4-3-5-15(17)19/h6-9,11,16H,3-5,10H2,1-2H3. The Hall–Kier alpha value is -1.73. The third kappa shape index (κ3) is 3.72.